The Balaban J connectivity index is 2.84. The summed E-state index contributed by atoms with van der Waals surface area (Å²) in [7, 11) is -2.79. The Morgan fingerprint density at radius 3 is 2.41 bits per heavy atom. The molecule has 1 N–H and O–H groups in total. The molecule has 1 unspecified atom stereocenters. The average molecular weight is 250 g/mol. The number of hydrogen-bond acceptors (Lipinski definition) is 3. The maximum Gasteiger partial charge on any atom is 0.0736 e. The molecule has 3 nitrogen and oxygen atoms in total. The summed E-state index contributed by atoms with van der Waals surface area (Å²) >= 11 is 0. The minimum atomic E-state index is -2.79. The molecule has 0 amide bonds. The zero-order valence-electron chi connectivity index (χ0n) is 10.3. The minimum Gasteiger partial charge on any atom is -0.249 e. The lowest BCUT2D eigenvalue weighted by Gasteiger charge is -2.08. The molecule has 0 radical (unpaired) electrons. The van der Waals surface area contributed by atoms with Crippen LogP contribution in [0.2, 0.25) is 0 Å². The van der Waals surface area contributed by atoms with Crippen LogP contribution in [0.5, 0.6) is 0 Å². The highest BCUT2D eigenvalue weighted by Crippen LogP contribution is 2.16. The molecule has 0 aromatic heterocycles. The van der Waals surface area contributed by atoms with Gasteiger partial charge in [-0.3, -0.25) is 0 Å². The molecular formula is C13H18N2OS. The van der Waals surface area contributed by atoms with Crippen molar-refractivity contribution >= 4 is 9.73 Å². The summed E-state index contributed by atoms with van der Waals surface area (Å²) in [5, 5.41) is 8.46. The first kappa shape index (κ1) is 13.7. The first-order valence-corrected chi connectivity index (χ1v) is 7.41. The molecule has 1 rings (SSSR count). The number of nitrogens with zero attached hydrogens (tertiary/aromatic N) is 1. The largest absolute Gasteiger partial charge is 0.249 e. The van der Waals surface area contributed by atoms with Crippen LogP contribution in [0, 0.1) is 22.0 Å². The van der Waals surface area contributed by atoms with E-state index in [0.29, 0.717) is 10.8 Å². The Bertz CT molecular complexity index is 495. The number of benzene rings is 1. The first-order valence-electron chi connectivity index (χ1n) is 5.68. The van der Waals surface area contributed by atoms with Gasteiger partial charge in [0.25, 0.3) is 0 Å². The molecule has 0 heterocycles. The fourth-order valence-electron chi connectivity index (χ4n) is 1.62. The zero-order valence-corrected chi connectivity index (χ0v) is 11.1. The van der Waals surface area contributed by atoms with E-state index < -0.39 is 9.73 Å². The van der Waals surface area contributed by atoms with Gasteiger partial charge in [-0.2, -0.15) is 5.26 Å². The van der Waals surface area contributed by atoms with Gasteiger partial charge < -0.3 is 0 Å². The highest BCUT2D eigenvalue weighted by Gasteiger charge is 2.09. The number of rotatable bonds is 5. The van der Waals surface area contributed by atoms with Crippen LogP contribution in [0.1, 0.15) is 25.8 Å². The average Bonchev–Trinajstić information content (AvgIpc) is 2.26. The molecule has 1 aromatic rings. The van der Waals surface area contributed by atoms with Gasteiger partial charge in [-0.1, -0.05) is 26.0 Å². The molecule has 0 aliphatic rings. The van der Waals surface area contributed by atoms with Gasteiger partial charge in [0.15, 0.2) is 0 Å². The molecular weight excluding hydrogens is 232 g/mol. The van der Waals surface area contributed by atoms with E-state index in [0.717, 1.165) is 6.42 Å². The van der Waals surface area contributed by atoms with Crippen LogP contribution in [-0.4, -0.2) is 9.96 Å². The highest BCUT2D eigenvalue weighted by atomic mass is 32.2. The number of nitrogens with one attached hydrogen (secondary N) is 1. The molecule has 0 spiro atoms. The third kappa shape index (κ3) is 4.20. The van der Waals surface area contributed by atoms with Crippen LogP contribution in [0.25, 0.3) is 0 Å². The van der Waals surface area contributed by atoms with Crippen molar-refractivity contribution in [2.24, 2.45) is 5.92 Å². The van der Waals surface area contributed by atoms with Crippen molar-refractivity contribution in [3.63, 3.8) is 0 Å². The Labute approximate surface area is 103 Å². The third-order valence-corrected chi connectivity index (χ3v) is 4.26. The van der Waals surface area contributed by atoms with Crippen LogP contribution < -0.4 is 0 Å². The van der Waals surface area contributed by atoms with E-state index in [2.05, 4.69) is 13.8 Å². The van der Waals surface area contributed by atoms with Crippen molar-refractivity contribution in [2.75, 3.05) is 5.75 Å². The molecule has 1 atom stereocenters. The monoisotopic (exact) mass is 250 g/mol. The second kappa shape index (κ2) is 5.83. The summed E-state index contributed by atoms with van der Waals surface area (Å²) in [6.45, 7) is 4.29. The maximum atomic E-state index is 12.0. The fraction of sp³-hybridized carbons (Fsp3) is 0.462. The van der Waals surface area contributed by atoms with Crippen LogP contribution in [0.15, 0.2) is 29.2 Å². The first-order chi connectivity index (χ1) is 7.95. The van der Waals surface area contributed by atoms with Crippen molar-refractivity contribution in [1.29, 1.82) is 10.0 Å². The maximum absolute atomic E-state index is 12.0. The van der Waals surface area contributed by atoms with Crippen LogP contribution in [0.4, 0.5) is 0 Å². The van der Waals surface area contributed by atoms with E-state index in [1.54, 1.807) is 12.1 Å². The Morgan fingerprint density at radius 1 is 1.35 bits per heavy atom. The third-order valence-electron chi connectivity index (χ3n) is 2.45. The normalized spacial score (nSPS) is 14.2. The molecule has 92 valence electrons. The predicted molar refractivity (Wildman–Crippen MR) is 69.2 cm³/mol. The summed E-state index contributed by atoms with van der Waals surface area (Å²) in [5.41, 5.74) is 1.19. The predicted octanol–water partition coefficient (Wildman–Crippen LogP) is 3.20. The summed E-state index contributed by atoms with van der Waals surface area (Å²) in [6, 6.07) is 9.29. The van der Waals surface area contributed by atoms with Crippen molar-refractivity contribution in [1.82, 2.24) is 0 Å². The number of hydrogen-bond donors (Lipinski definition) is 1. The molecule has 0 aliphatic carbocycles. The summed E-state index contributed by atoms with van der Waals surface area (Å²) < 4.78 is 19.8. The van der Waals surface area contributed by atoms with Gasteiger partial charge in [0.1, 0.15) is 0 Å². The SMILES string of the molecule is CC(C)Cc1ccc(S(=N)(=O)CCC#N)cc1. The topological polar surface area (TPSA) is 64.7 Å². The van der Waals surface area contributed by atoms with Crippen molar-refractivity contribution in [3.05, 3.63) is 29.8 Å². The van der Waals surface area contributed by atoms with Gasteiger partial charge in [-0.05, 0) is 30.0 Å². The lowest BCUT2D eigenvalue weighted by atomic mass is 10.0. The van der Waals surface area contributed by atoms with Gasteiger partial charge in [0.05, 0.1) is 15.8 Å². The smallest absolute Gasteiger partial charge is 0.0736 e. The standard InChI is InChI=1S/C13H18N2OS/c1-11(2)10-12-4-6-13(7-5-12)17(15,16)9-3-8-14/h4-7,11,15H,3,9-10H2,1-2H3. The van der Waals surface area contributed by atoms with E-state index in [4.69, 9.17) is 10.0 Å². The van der Waals surface area contributed by atoms with E-state index in [1.165, 1.54) is 5.56 Å². The molecule has 0 fully saturated rings. The van der Waals surface area contributed by atoms with E-state index >= 15 is 0 Å². The highest BCUT2D eigenvalue weighted by molar-refractivity contribution is 7.92. The Kier molecular flexibility index (Phi) is 4.71. The van der Waals surface area contributed by atoms with E-state index in [1.807, 2.05) is 18.2 Å². The fourth-order valence-corrected chi connectivity index (χ4v) is 2.81. The van der Waals surface area contributed by atoms with Gasteiger partial charge >= 0.3 is 0 Å². The van der Waals surface area contributed by atoms with Gasteiger partial charge in [-0.25, -0.2) is 8.99 Å². The summed E-state index contributed by atoms with van der Waals surface area (Å²) in [5.74, 6) is 0.701. The lowest BCUT2D eigenvalue weighted by molar-refractivity contribution is 0.647. The van der Waals surface area contributed by atoms with Crippen LogP contribution in [0.3, 0.4) is 0 Å². The summed E-state index contributed by atoms with van der Waals surface area (Å²) in [4.78, 5) is 0.528. The van der Waals surface area contributed by atoms with Gasteiger partial charge in [0.2, 0.25) is 0 Å². The minimum absolute atomic E-state index is 0.118. The second-order valence-electron chi connectivity index (χ2n) is 4.53. The van der Waals surface area contributed by atoms with E-state index in [-0.39, 0.29) is 12.2 Å². The molecule has 17 heavy (non-hydrogen) atoms. The van der Waals surface area contributed by atoms with Crippen LogP contribution >= 0.6 is 0 Å². The van der Waals surface area contributed by atoms with Crippen molar-refractivity contribution in [3.8, 4) is 6.07 Å². The van der Waals surface area contributed by atoms with E-state index in [9.17, 15) is 4.21 Å². The lowest BCUT2D eigenvalue weighted by Crippen LogP contribution is -2.04. The number of nitriles is 1. The molecule has 0 aliphatic heterocycles. The van der Waals surface area contributed by atoms with Crippen LogP contribution in [-0.2, 0) is 16.1 Å². The van der Waals surface area contributed by atoms with Gasteiger partial charge in [0, 0.05) is 17.1 Å². The van der Waals surface area contributed by atoms with Gasteiger partial charge in [-0.15, -0.1) is 0 Å². The molecule has 0 bridgehead atoms. The molecule has 0 saturated heterocycles. The van der Waals surface area contributed by atoms with Crippen molar-refractivity contribution < 1.29 is 4.21 Å². The Morgan fingerprint density at radius 2 is 1.94 bits per heavy atom. The Hall–Kier alpha value is -1.34. The zero-order chi connectivity index (χ0) is 12.9. The summed E-state index contributed by atoms with van der Waals surface area (Å²) in [6.07, 6.45) is 1.15. The quantitative estimate of drug-likeness (QED) is 0.872. The molecule has 4 heteroatoms. The molecule has 1 aromatic carbocycles. The van der Waals surface area contributed by atoms with Crippen molar-refractivity contribution in [2.45, 2.75) is 31.6 Å². The molecule has 0 saturated carbocycles. The second-order valence-corrected chi connectivity index (χ2v) is 6.76.